The van der Waals surface area contributed by atoms with Crippen molar-refractivity contribution in [3.63, 3.8) is 0 Å². The van der Waals surface area contributed by atoms with Gasteiger partial charge in [-0.2, -0.15) is 0 Å². The van der Waals surface area contributed by atoms with E-state index in [1.54, 1.807) is 4.90 Å². The molecule has 0 aromatic heterocycles. The second kappa shape index (κ2) is 7.74. The zero-order valence-electron chi connectivity index (χ0n) is 14.0. The van der Waals surface area contributed by atoms with Crippen molar-refractivity contribution < 1.29 is 13.6 Å². The second-order valence-electron chi connectivity index (χ2n) is 6.46. The number of carbonyl (C=O) groups is 1. The van der Waals surface area contributed by atoms with E-state index >= 15 is 0 Å². The van der Waals surface area contributed by atoms with Crippen LogP contribution in [0.3, 0.4) is 0 Å². The van der Waals surface area contributed by atoms with Crippen LogP contribution in [-0.4, -0.2) is 30.4 Å². The Morgan fingerprint density at radius 2 is 1.88 bits per heavy atom. The Hall–Kier alpha value is -2.27. The molecule has 2 N–H and O–H groups in total. The average Bonchev–Trinajstić information content (AvgIpc) is 3.41. The van der Waals surface area contributed by atoms with E-state index in [2.05, 4.69) is 0 Å². The van der Waals surface area contributed by atoms with Crippen LogP contribution < -0.4 is 5.73 Å². The summed E-state index contributed by atoms with van der Waals surface area (Å²) in [6, 6.07) is 13.3. The highest BCUT2D eigenvalue weighted by molar-refractivity contribution is 5.83. The molecule has 5 heteroatoms. The van der Waals surface area contributed by atoms with Crippen LogP contribution in [0, 0.1) is 17.6 Å². The molecule has 132 valence electrons. The van der Waals surface area contributed by atoms with Gasteiger partial charge in [-0.25, -0.2) is 8.78 Å². The van der Waals surface area contributed by atoms with Gasteiger partial charge in [-0.3, -0.25) is 4.79 Å². The first-order chi connectivity index (χ1) is 12.1. The lowest BCUT2D eigenvalue weighted by Gasteiger charge is -2.22. The molecule has 2 atom stereocenters. The van der Waals surface area contributed by atoms with E-state index in [1.165, 1.54) is 6.07 Å². The number of nitrogens with zero attached hydrogens (tertiary/aromatic N) is 1. The van der Waals surface area contributed by atoms with Crippen LogP contribution in [0.15, 0.2) is 48.5 Å². The zero-order valence-corrected chi connectivity index (χ0v) is 14.0. The summed E-state index contributed by atoms with van der Waals surface area (Å²) < 4.78 is 27.3. The van der Waals surface area contributed by atoms with Gasteiger partial charge in [-0.1, -0.05) is 30.3 Å². The Kier molecular flexibility index (Phi) is 5.43. The maximum Gasteiger partial charge on any atom is 0.226 e. The maximum absolute atomic E-state index is 13.9. The lowest BCUT2D eigenvalue weighted by atomic mass is 10.1. The molecular formula is C20H22F2N2O. The van der Waals surface area contributed by atoms with Gasteiger partial charge in [0.05, 0.1) is 0 Å². The van der Waals surface area contributed by atoms with Crippen LogP contribution >= 0.6 is 0 Å². The number of nitrogens with two attached hydrogens (primary N) is 1. The molecule has 1 fully saturated rings. The molecule has 2 aromatic rings. The van der Waals surface area contributed by atoms with E-state index in [1.807, 2.05) is 30.3 Å². The van der Waals surface area contributed by atoms with Crippen LogP contribution in [0.25, 0.3) is 0 Å². The molecule has 0 radical (unpaired) electrons. The van der Waals surface area contributed by atoms with Gasteiger partial charge in [-0.15, -0.1) is 0 Å². The fourth-order valence-electron chi connectivity index (χ4n) is 3.24. The van der Waals surface area contributed by atoms with Crippen molar-refractivity contribution in [2.75, 3.05) is 19.6 Å². The molecule has 0 spiro atoms. The minimum absolute atomic E-state index is 0.0185. The molecule has 0 heterocycles. The molecule has 3 nitrogen and oxygen atoms in total. The quantitative estimate of drug-likeness (QED) is 0.839. The number of rotatable bonds is 7. The van der Waals surface area contributed by atoms with Gasteiger partial charge < -0.3 is 10.6 Å². The van der Waals surface area contributed by atoms with Gasteiger partial charge in [-0.05, 0) is 48.1 Å². The second-order valence-corrected chi connectivity index (χ2v) is 6.46. The predicted octanol–water partition coefficient (Wildman–Crippen LogP) is 3.10. The smallest absolute Gasteiger partial charge is 0.226 e. The SMILES string of the molecule is NCCN(CCc1ccccc1)C(=O)C1CC1c1cc(F)ccc1F. The Labute approximate surface area is 146 Å². The number of amides is 1. The lowest BCUT2D eigenvalue weighted by Crippen LogP contribution is -2.38. The highest BCUT2D eigenvalue weighted by Gasteiger charge is 2.46. The molecule has 25 heavy (non-hydrogen) atoms. The highest BCUT2D eigenvalue weighted by atomic mass is 19.1. The largest absolute Gasteiger partial charge is 0.341 e. The topological polar surface area (TPSA) is 46.3 Å². The third kappa shape index (κ3) is 4.23. The predicted molar refractivity (Wildman–Crippen MR) is 93.0 cm³/mol. The summed E-state index contributed by atoms with van der Waals surface area (Å²) >= 11 is 0. The van der Waals surface area contributed by atoms with E-state index in [0.29, 0.717) is 31.6 Å². The molecule has 1 aliphatic carbocycles. The number of hydrogen-bond acceptors (Lipinski definition) is 2. The highest BCUT2D eigenvalue weighted by Crippen LogP contribution is 2.49. The third-order valence-electron chi connectivity index (χ3n) is 4.69. The average molecular weight is 344 g/mol. The Bertz CT molecular complexity index is 736. The summed E-state index contributed by atoms with van der Waals surface area (Å²) in [7, 11) is 0. The summed E-state index contributed by atoms with van der Waals surface area (Å²) in [6.45, 7) is 1.43. The first-order valence-electron chi connectivity index (χ1n) is 8.58. The summed E-state index contributed by atoms with van der Waals surface area (Å²) in [5, 5.41) is 0. The van der Waals surface area contributed by atoms with Crippen LogP contribution in [0.5, 0.6) is 0 Å². The number of hydrogen-bond donors (Lipinski definition) is 1. The first-order valence-corrected chi connectivity index (χ1v) is 8.58. The molecule has 0 bridgehead atoms. The third-order valence-corrected chi connectivity index (χ3v) is 4.69. The van der Waals surface area contributed by atoms with Gasteiger partial charge in [0.25, 0.3) is 0 Å². The number of halogens is 2. The van der Waals surface area contributed by atoms with E-state index in [-0.39, 0.29) is 17.7 Å². The van der Waals surface area contributed by atoms with Gasteiger partial charge in [0.2, 0.25) is 5.91 Å². The Morgan fingerprint density at radius 3 is 2.60 bits per heavy atom. The molecule has 1 amide bonds. The zero-order chi connectivity index (χ0) is 17.8. The van der Waals surface area contributed by atoms with Crippen LogP contribution in [0.1, 0.15) is 23.5 Å². The van der Waals surface area contributed by atoms with Crippen molar-refractivity contribution in [1.29, 1.82) is 0 Å². The van der Waals surface area contributed by atoms with Crippen LogP contribution in [0.4, 0.5) is 8.78 Å². The van der Waals surface area contributed by atoms with E-state index < -0.39 is 11.6 Å². The van der Waals surface area contributed by atoms with Crippen molar-refractivity contribution in [3.8, 4) is 0 Å². The molecule has 0 saturated heterocycles. The maximum atomic E-state index is 13.9. The van der Waals surface area contributed by atoms with Crippen LogP contribution in [0.2, 0.25) is 0 Å². The molecule has 3 rings (SSSR count). The fraction of sp³-hybridized carbons (Fsp3) is 0.350. The fourth-order valence-corrected chi connectivity index (χ4v) is 3.24. The van der Waals surface area contributed by atoms with Crippen molar-refractivity contribution in [1.82, 2.24) is 4.90 Å². The normalized spacial score (nSPS) is 18.8. The first kappa shape index (κ1) is 17.5. The Balaban J connectivity index is 1.64. The standard InChI is InChI=1S/C20H22F2N2O/c21-15-6-7-19(22)17(12-15)16-13-18(16)20(25)24(11-9-23)10-8-14-4-2-1-3-5-14/h1-7,12,16,18H,8-11,13,23H2. The van der Waals surface area contributed by atoms with Crippen molar-refractivity contribution >= 4 is 5.91 Å². The van der Waals surface area contributed by atoms with E-state index in [9.17, 15) is 13.6 Å². The minimum atomic E-state index is -0.475. The molecule has 0 aliphatic heterocycles. The number of carbonyl (C=O) groups excluding carboxylic acids is 1. The van der Waals surface area contributed by atoms with Gasteiger partial charge >= 0.3 is 0 Å². The van der Waals surface area contributed by atoms with E-state index in [0.717, 1.165) is 24.1 Å². The molecule has 1 saturated carbocycles. The molecule has 2 aromatic carbocycles. The lowest BCUT2D eigenvalue weighted by molar-refractivity contribution is -0.132. The summed E-state index contributed by atoms with van der Waals surface area (Å²) in [5.74, 6) is -1.46. The van der Waals surface area contributed by atoms with Crippen molar-refractivity contribution in [2.24, 2.45) is 11.7 Å². The van der Waals surface area contributed by atoms with Gasteiger partial charge in [0.1, 0.15) is 11.6 Å². The molecule has 1 aliphatic rings. The van der Waals surface area contributed by atoms with Gasteiger partial charge in [0, 0.05) is 25.6 Å². The molecule has 2 unspecified atom stereocenters. The number of benzene rings is 2. The minimum Gasteiger partial charge on any atom is -0.341 e. The summed E-state index contributed by atoms with van der Waals surface area (Å²) in [6.07, 6.45) is 1.31. The summed E-state index contributed by atoms with van der Waals surface area (Å²) in [4.78, 5) is 14.5. The van der Waals surface area contributed by atoms with Crippen molar-refractivity contribution in [2.45, 2.75) is 18.8 Å². The monoisotopic (exact) mass is 344 g/mol. The van der Waals surface area contributed by atoms with Gasteiger partial charge in [0.15, 0.2) is 0 Å². The van der Waals surface area contributed by atoms with Crippen LogP contribution in [-0.2, 0) is 11.2 Å². The molecular weight excluding hydrogens is 322 g/mol. The summed E-state index contributed by atoms with van der Waals surface area (Å²) in [5.41, 5.74) is 7.10. The van der Waals surface area contributed by atoms with E-state index in [4.69, 9.17) is 5.73 Å². The Morgan fingerprint density at radius 1 is 1.12 bits per heavy atom. The van der Waals surface area contributed by atoms with Crippen molar-refractivity contribution in [3.05, 3.63) is 71.3 Å².